The van der Waals surface area contributed by atoms with E-state index in [4.69, 9.17) is 5.73 Å². The summed E-state index contributed by atoms with van der Waals surface area (Å²) in [5.41, 5.74) is 1.43. The minimum atomic E-state index is -5.29. The highest BCUT2D eigenvalue weighted by atomic mass is 19.4. The highest BCUT2D eigenvalue weighted by molar-refractivity contribution is 5.44. The zero-order chi connectivity index (χ0) is 11.1. The number of rotatable bonds is 0. The smallest absolute Gasteiger partial charge is 0.396 e. The number of anilines is 1. The zero-order valence-corrected chi connectivity index (χ0v) is 6.42. The van der Waals surface area contributed by atoms with Gasteiger partial charge in [0.2, 0.25) is 0 Å². The molecule has 0 saturated carbocycles. The van der Waals surface area contributed by atoms with E-state index in [1.165, 1.54) is 0 Å². The molecule has 0 spiro atoms. The molecular formula is C7H3F6N. The molecule has 2 N–H and O–H groups in total. The van der Waals surface area contributed by atoms with Gasteiger partial charge < -0.3 is 5.73 Å². The fourth-order valence-corrected chi connectivity index (χ4v) is 0.873. The quantitative estimate of drug-likeness (QED) is 0.402. The van der Waals surface area contributed by atoms with Gasteiger partial charge in [-0.2, -0.15) is 13.2 Å². The normalized spacial score (nSPS) is 11.9. The fourth-order valence-electron chi connectivity index (χ4n) is 0.873. The van der Waals surface area contributed by atoms with Gasteiger partial charge in [-0.05, 0) is 0 Å². The average Bonchev–Trinajstić information content (AvgIpc) is 1.97. The first kappa shape index (κ1) is 10.7. The highest BCUT2D eigenvalue weighted by Gasteiger charge is 2.39. The minimum absolute atomic E-state index is 0.0846. The van der Waals surface area contributed by atoms with Gasteiger partial charge in [-0.1, -0.05) is 0 Å². The van der Waals surface area contributed by atoms with E-state index in [1.807, 2.05) is 0 Å². The molecule has 1 rings (SSSR count). The van der Waals surface area contributed by atoms with Gasteiger partial charge in [0.15, 0.2) is 11.6 Å². The van der Waals surface area contributed by atoms with E-state index in [2.05, 4.69) is 0 Å². The lowest BCUT2D eigenvalue weighted by molar-refractivity contribution is -0.142. The van der Waals surface area contributed by atoms with Crippen molar-refractivity contribution in [1.82, 2.24) is 0 Å². The molecular weight excluding hydrogens is 212 g/mol. The van der Waals surface area contributed by atoms with E-state index in [0.717, 1.165) is 0 Å². The second kappa shape index (κ2) is 3.07. The number of halogens is 6. The Morgan fingerprint density at radius 2 is 1.50 bits per heavy atom. The molecule has 0 aromatic heterocycles. The summed E-state index contributed by atoms with van der Waals surface area (Å²) in [7, 11) is 0. The van der Waals surface area contributed by atoms with Crippen molar-refractivity contribution >= 4 is 5.69 Å². The Morgan fingerprint density at radius 3 is 1.93 bits per heavy atom. The Balaban J connectivity index is 3.53. The topological polar surface area (TPSA) is 26.0 Å². The summed E-state index contributed by atoms with van der Waals surface area (Å²) in [6.07, 6.45) is -5.29. The minimum Gasteiger partial charge on any atom is -0.396 e. The molecule has 0 aliphatic rings. The van der Waals surface area contributed by atoms with Crippen LogP contribution in [0.25, 0.3) is 0 Å². The average molecular weight is 215 g/mol. The Bertz CT molecular complexity index is 369. The van der Waals surface area contributed by atoms with Crippen molar-refractivity contribution < 1.29 is 26.3 Å². The monoisotopic (exact) mass is 215 g/mol. The molecule has 0 amide bonds. The molecule has 0 bridgehead atoms. The van der Waals surface area contributed by atoms with Crippen LogP contribution >= 0.6 is 0 Å². The molecule has 0 unspecified atom stereocenters. The number of hydrogen-bond donors (Lipinski definition) is 1. The van der Waals surface area contributed by atoms with Crippen LogP contribution in [0.3, 0.4) is 0 Å². The number of hydrogen-bond acceptors (Lipinski definition) is 1. The molecule has 14 heavy (non-hydrogen) atoms. The summed E-state index contributed by atoms with van der Waals surface area (Å²) in [4.78, 5) is 0. The van der Waals surface area contributed by atoms with Gasteiger partial charge in [-0.15, -0.1) is 0 Å². The van der Waals surface area contributed by atoms with Crippen molar-refractivity contribution in [1.29, 1.82) is 0 Å². The van der Waals surface area contributed by atoms with Crippen LogP contribution in [0.5, 0.6) is 0 Å². The Morgan fingerprint density at radius 1 is 1.00 bits per heavy atom. The van der Waals surface area contributed by atoms with Gasteiger partial charge in [0.1, 0.15) is 11.4 Å². The zero-order valence-electron chi connectivity index (χ0n) is 6.42. The van der Waals surface area contributed by atoms with Gasteiger partial charge in [0, 0.05) is 6.07 Å². The van der Waals surface area contributed by atoms with Gasteiger partial charge in [0.25, 0.3) is 0 Å². The first-order valence-electron chi connectivity index (χ1n) is 3.25. The highest BCUT2D eigenvalue weighted by Crippen LogP contribution is 2.35. The van der Waals surface area contributed by atoms with Crippen LogP contribution in [0.4, 0.5) is 32.0 Å². The van der Waals surface area contributed by atoms with Crippen molar-refractivity contribution in [2.75, 3.05) is 5.73 Å². The van der Waals surface area contributed by atoms with Crippen molar-refractivity contribution in [3.63, 3.8) is 0 Å². The van der Waals surface area contributed by atoms with Crippen LogP contribution in [0.2, 0.25) is 0 Å². The van der Waals surface area contributed by atoms with E-state index in [0.29, 0.717) is 0 Å². The molecule has 0 heterocycles. The van der Waals surface area contributed by atoms with E-state index < -0.39 is 34.9 Å². The van der Waals surface area contributed by atoms with Crippen LogP contribution in [0.1, 0.15) is 5.56 Å². The first-order valence-corrected chi connectivity index (χ1v) is 3.25. The number of nitrogens with two attached hydrogens (primary N) is 1. The second-order valence-corrected chi connectivity index (χ2v) is 2.45. The third-order valence-corrected chi connectivity index (χ3v) is 1.47. The summed E-state index contributed by atoms with van der Waals surface area (Å²) in [5, 5.41) is 0. The molecule has 1 aromatic rings. The molecule has 1 aromatic carbocycles. The van der Waals surface area contributed by atoms with E-state index in [9.17, 15) is 26.3 Å². The molecule has 1 nitrogen and oxygen atoms in total. The van der Waals surface area contributed by atoms with Crippen LogP contribution < -0.4 is 5.73 Å². The third kappa shape index (κ3) is 1.61. The summed E-state index contributed by atoms with van der Waals surface area (Å²) in [5.74, 6) is -6.16. The number of nitrogen functional groups attached to an aromatic ring is 1. The van der Waals surface area contributed by atoms with Gasteiger partial charge in [0.05, 0.1) is 5.69 Å². The van der Waals surface area contributed by atoms with Crippen LogP contribution in [0.15, 0.2) is 6.07 Å². The Hall–Kier alpha value is -1.40. The molecule has 0 fully saturated rings. The van der Waals surface area contributed by atoms with Gasteiger partial charge >= 0.3 is 6.18 Å². The SMILES string of the molecule is Nc1cc(F)c(C(F)(F)F)c(F)c1F. The predicted molar refractivity (Wildman–Crippen MR) is 35.7 cm³/mol. The maximum absolute atomic E-state index is 12.6. The predicted octanol–water partition coefficient (Wildman–Crippen LogP) is 2.70. The maximum atomic E-state index is 12.6. The lowest BCUT2D eigenvalue weighted by atomic mass is 10.1. The molecule has 0 aliphatic heterocycles. The molecule has 7 heteroatoms. The second-order valence-electron chi connectivity index (χ2n) is 2.45. The molecule has 0 radical (unpaired) electrons. The molecule has 0 atom stereocenters. The number of alkyl halides is 3. The summed E-state index contributed by atoms with van der Waals surface area (Å²) >= 11 is 0. The van der Waals surface area contributed by atoms with Crippen molar-refractivity contribution in [3.8, 4) is 0 Å². The lowest BCUT2D eigenvalue weighted by Gasteiger charge is -2.10. The third-order valence-electron chi connectivity index (χ3n) is 1.47. The molecule has 0 saturated heterocycles. The van der Waals surface area contributed by atoms with Gasteiger partial charge in [-0.3, -0.25) is 0 Å². The first-order chi connectivity index (χ1) is 6.25. The van der Waals surface area contributed by atoms with E-state index in [-0.39, 0.29) is 6.07 Å². The van der Waals surface area contributed by atoms with Crippen LogP contribution in [-0.2, 0) is 6.18 Å². The van der Waals surface area contributed by atoms with Crippen LogP contribution in [-0.4, -0.2) is 0 Å². The van der Waals surface area contributed by atoms with E-state index >= 15 is 0 Å². The van der Waals surface area contributed by atoms with Gasteiger partial charge in [-0.25, -0.2) is 13.2 Å². The van der Waals surface area contributed by atoms with Crippen molar-refractivity contribution in [3.05, 3.63) is 29.1 Å². The Labute approximate surface area is 74.1 Å². The largest absolute Gasteiger partial charge is 0.422 e. The van der Waals surface area contributed by atoms with E-state index in [1.54, 1.807) is 0 Å². The lowest BCUT2D eigenvalue weighted by Crippen LogP contribution is -2.14. The molecule has 0 aliphatic carbocycles. The number of benzene rings is 1. The van der Waals surface area contributed by atoms with Crippen molar-refractivity contribution in [2.24, 2.45) is 0 Å². The summed E-state index contributed by atoms with van der Waals surface area (Å²) in [6.45, 7) is 0. The fraction of sp³-hybridized carbons (Fsp3) is 0.143. The summed E-state index contributed by atoms with van der Waals surface area (Å²) < 4.78 is 73.5. The maximum Gasteiger partial charge on any atom is 0.422 e. The summed E-state index contributed by atoms with van der Waals surface area (Å²) in [6, 6.07) is 0.0846. The van der Waals surface area contributed by atoms with Crippen LogP contribution in [0, 0.1) is 17.5 Å². The Kier molecular flexibility index (Phi) is 2.34. The van der Waals surface area contributed by atoms with Crippen molar-refractivity contribution in [2.45, 2.75) is 6.18 Å². The standard InChI is InChI=1S/C7H3F6N/c8-2-1-3(14)5(9)6(10)4(2)7(11,12)13/h1H,14H2. The molecule has 78 valence electrons.